The molecule has 0 bridgehead atoms. The molecule has 19 heavy (non-hydrogen) atoms. The van der Waals surface area contributed by atoms with E-state index >= 15 is 0 Å². The molecule has 1 aromatic carbocycles. The van der Waals surface area contributed by atoms with E-state index in [1.165, 1.54) is 0 Å². The summed E-state index contributed by atoms with van der Waals surface area (Å²) in [6, 6.07) is 5.99. The van der Waals surface area contributed by atoms with Crippen LogP contribution in [0.5, 0.6) is 5.75 Å². The van der Waals surface area contributed by atoms with Gasteiger partial charge in [-0.15, -0.1) is 0 Å². The van der Waals surface area contributed by atoms with Gasteiger partial charge in [0.1, 0.15) is 5.75 Å². The lowest BCUT2D eigenvalue weighted by atomic mass is 10.1. The summed E-state index contributed by atoms with van der Waals surface area (Å²) < 4.78 is 30.9. The topological polar surface area (TPSA) is 55.4 Å². The van der Waals surface area contributed by atoms with Gasteiger partial charge in [0.25, 0.3) is 0 Å². The number of ether oxygens (including phenoxy) is 1. The van der Waals surface area contributed by atoms with Crippen LogP contribution in [-0.2, 0) is 22.9 Å². The maximum Gasteiger partial charge on any atom is 0.211 e. The molecule has 5 heteroatoms. The molecule has 0 spiro atoms. The molecule has 4 nitrogen and oxygen atoms in total. The molecule has 0 aliphatic heterocycles. The van der Waals surface area contributed by atoms with Crippen molar-refractivity contribution in [3.05, 3.63) is 29.3 Å². The van der Waals surface area contributed by atoms with Gasteiger partial charge in [-0.05, 0) is 36.5 Å². The molecule has 0 heterocycles. The third-order valence-electron chi connectivity index (χ3n) is 2.93. The van der Waals surface area contributed by atoms with E-state index < -0.39 is 10.0 Å². The third kappa shape index (κ3) is 5.20. The zero-order valence-corrected chi connectivity index (χ0v) is 12.7. The average molecular weight is 285 g/mol. The van der Waals surface area contributed by atoms with Gasteiger partial charge in [-0.1, -0.05) is 26.0 Å². The second kappa shape index (κ2) is 7.50. The Balaban J connectivity index is 2.59. The predicted octanol–water partition coefficient (Wildman–Crippen LogP) is 2.13. The molecule has 0 atom stereocenters. The largest absolute Gasteiger partial charge is 0.496 e. The molecule has 1 aromatic rings. The van der Waals surface area contributed by atoms with Crippen LogP contribution in [0.25, 0.3) is 0 Å². The zero-order chi connectivity index (χ0) is 14.3. The van der Waals surface area contributed by atoms with E-state index in [9.17, 15) is 8.42 Å². The molecule has 0 unspecified atom stereocenters. The maximum atomic E-state index is 11.5. The Morgan fingerprint density at radius 2 is 2.00 bits per heavy atom. The first-order valence-electron chi connectivity index (χ1n) is 6.65. The molecule has 0 aliphatic rings. The van der Waals surface area contributed by atoms with Crippen LogP contribution in [0.15, 0.2) is 18.2 Å². The van der Waals surface area contributed by atoms with E-state index in [1.54, 1.807) is 7.11 Å². The summed E-state index contributed by atoms with van der Waals surface area (Å²) in [5.74, 6) is 1.08. The van der Waals surface area contributed by atoms with Crippen molar-refractivity contribution in [3.63, 3.8) is 0 Å². The van der Waals surface area contributed by atoms with E-state index in [4.69, 9.17) is 4.74 Å². The van der Waals surface area contributed by atoms with Crippen molar-refractivity contribution < 1.29 is 13.2 Å². The first-order valence-corrected chi connectivity index (χ1v) is 8.30. The van der Waals surface area contributed by atoms with Crippen molar-refractivity contribution in [3.8, 4) is 5.75 Å². The molecule has 0 saturated carbocycles. The first kappa shape index (κ1) is 16.0. The molecule has 0 saturated heterocycles. The molecular weight excluding hydrogens is 262 g/mol. The Kier molecular flexibility index (Phi) is 6.31. The fourth-order valence-electron chi connectivity index (χ4n) is 1.96. The van der Waals surface area contributed by atoms with Crippen LogP contribution in [0.4, 0.5) is 0 Å². The lowest BCUT2D eigenvalue weighted by molar-refractivity contribution is 0.410. The number of rotatable bonds is 8. The Bertz CT molecular complexity index is 497. The molecule has 108 valence electrons. The molecule has 1 N–H and O–H groups in total. The highest BCUT2D eigenvalue weighted by atomic mass is 32.2. The summed E-state index contributed by atoms with van der Waals surface area (Å²) in [6.07, 6.45) is 2.23. The quantitative estimate of drug-likeness (QED) is 0.796. The molecule has 0 amide bonds. The van der Waals surface area contributed by atoms with Crippen molar-refractivity contribution in [1.82, 2.24) is 4.72 Å². The van der Waals surface area contributed by atoms with E-state index in [-0.39, 0.29) is 5.75 Å². The van der Waals surface area contributed by atoms with Crippen molar-refractivity contribution in [1.29, 1.82) is 0 Å². The summed E-state index contributed by atoms with van der Waals surface area (Å²) in [5, 5.41) is 0. The van der Waals surface area contributed by atoms with Crippen LogP contribution < -0.4 is 9.46 Å². The van der Waals surface area contributed by atoms with Crippen LogP contribution in [0.1, 0.15) is 31.4 Å². The SMILES string of the molecule is CCCS(=O)(=O)NCCc1ccc(OC)c(CC)c1. The number of hydrogen-bond acceptors (Lipinski definition) is 3. The number of methoxy groups -OCH3 is 1. The van der Waals surface area contributed by atoms with Crippen molar-refractivity contribution >= 4 is 10.0 Å². The lowest BCUT2D eigenvalue weighted by Gasteiger charge is -2.10. The summed E-state index contributed by atoms with van der Waals surface area (Å²) in [4.78, 5) is 0. The van der Waals surface area contributed by atoms with E-state index in [1.807, 2.05) is 19.1 Å². The van der Waals surface area contributed by atoms with Crippen LogP contribution in [-0.4, -0.2) is 27.8 Å². The van der Waals surface area contributed by atoms with E-state index in [0.29, 0.717) is 19.4 Å². The smallest absolute Gasteiger partial charge is 0.211 e. The number of nitrogens with one attached hydrogen (secondary N) is 1. The van der Waals surface area contributed by atoms with Gasteiger partial charge in [0.05, 0.1) is 12.9 Å². The highest BCUT2D eigenvalue weighted by molar-refractivity contribution is 7.89. The van der Waals surface area contributed by atoms with Crippen molar-refractivity contribution in [2.45, 2.75) is 33.1 Å². The van der Waals surface area contributed by atoms with E-state index in [2.05, 4.69) is 17.7 Å². The first-order chi connectivity index (χ1) is 9.02. The highest BCUT2D eigenvalue weighted by Crippen LogP contribution is 2.20. The zero-order valence-electron chi connectivity index (χ0n) is 11.9. The third-order valence-corrected chi connectivity index (χ3v) is 4.52. The molecular formula is C14H23NO3S. The van der Waals surface area contributed by atoms with Gasteiger partial charge in [-0.2, -0.15) is 0 Å². The molecule has 0 aromatic heterocycles. The second-order valence-electron chi connectivity index (χ2n) is 4.46. The Labute approximate surface area is 116 Å². The highest BCUT2D eigenvalue weighted by Gasteiger charge is 2.08. The summed E-state index contributed by atoms with van der Waals surface area (Å²) >= 11 is 0. The molecule has 0 radical (unpaired) electrons. The van der Waals surface area contributed by atoms with Gasteiger partial charge in [-0.25, -0.2) is 13.1 Å². The summed E-state index contributed by atoms with van der Waals surface area (Å²) in [6.45, 7) is 4.37. The molecule has 1 rings (SSSR count). The fraction of sp³-hybridized carbons (Fsp3) is 0.571. The van der Waals surface area contributed by atoms with Gasteiger partial charge >= 0.3 is 0 Å². The normalized spacial score (nSPS) is 11.5. The average Bonchev–Trinajstić information content (AvgIpc) is 2.38. The van der Waals surface area contributed by atoms with Crippen molar-refractivity contribution in [2.24, 2.45) is 0 Å². The van der Waals surface area contributed by atoms with Gasteiger partial charge in [0.15, 0.2) is 0 Å². The Hall–Kier alpha value is -1.07. The summed E-state index contributed by atoms with van der Waals surface area (Å²) in [7, 11) is -1.45. The van der Waals surface area contributed by atoms with Crippen LogP contribution >= 0.6 is 0 Å². The monoisotopic (exact) mass is 285 g/mol. The minimum atomic E-state index is -3.10. The Morgan fingerprint density at radius 3 is 2.58 bits per heavy atom. The minimum absolute atomic E-state index is 0.190. The molecule has 0 fully saturated rings. The predicted molar refractivity (Wildman–Crippen MR) is 78.2 cm³/mol. The number of hydrogen-bond donors (Lipinski definition) is 1. The fourth-order valence-corrected chi connectivity index (χ4v) is 3.05. The second-order valence-corrected chi connectivity index (χ2v) is 6.39. The van der Waals surface area contributed by atoms with E-state index in [0.717, 1.165) is 23.3 Å². The van der Waals surface area contributed by atoms with Gasteiger partial charge in [0, 0.05) is 6.54 Å². The Morgan fingerprint density at radius 1 is 1.26 bits per heavy atom. The van der Waals surface area contributed by atoms with Crippen LogP contribution in [0.3, 0.4) is 0 Å². The van der Waals surface area contributed by atoms with Gasteiger partial charge in [0.2, 0.25) is 10.0 Å². The minimum Gasteiger partial charge on any atom is -0.496 e. The lowest BCUT2D eigenvalue weighted by Crippen LogP contribution is -2.28. The van der Waals surface area contributed by atoms with Gasteiger partial charge < -0.3 is 4.74 Å². The number of benzene rings is 1. The number of aryl methyl sites for hydroxylation is 1. The van der Waals surface area contributed by atoms with Crippen LogP contribution in [0.2, 0.25) is 0 Å². The van der Waals surface area contributed by atoms with Gasteiger partial charge in [-0.3, -0.25) is 0 Å². The number of sulfonamides is 1. The standard InChI is InChI=1S/C14H23NO3S/c1-4-10-19(16,17)15-9-8-12-6-7-14(18-3)13(5-2)11-12/h6-7,11,15H,4-5,8-10H2,1-3H3. The maximum absolute atomic E-state index is 11.5. The molecule has 0 aliphatic carbocycles. The summed E-state index contributed by atoms with van der Waals surface area (Å²) in [5.41, 5.74) is 2.27. The van der Waals surface area contributed by atoms with Crippen molar-refractivity contribution in [2.75, 3.05) is 19.4 Å². The van der Waals surface area contributed by atoms with Crippen LogP contribution in [0, 0.1) is 0 Å².